The number of nitriles is 1. The lowest BCUT2D eigenvalue weighted by Gasteiger charge is -2.18. The number of nitrogens with zero attached hydrogens (tertiary/aromatic N) is 2. The van der Waals surface area contributed by atoms with Gasteiger partial charge in [-0.1, -0.05) is 0 Å². The van der Waals surface area contributed by atoms with Gasteiger partial charge in [0, 0.05) is 16.6 Å². The summed E-state index contributed by atoms with van der Waals surface area (Å²) in [7, 11) is -4.54. The molecule has 0 fully saturated rings. The van der Waals surface area contributed by atoms with Gasteiger partial charge < -0.3 is 5.32 Å². The van der Waals surface area contributed by atoms with Crippen LogP contribution in [0.1, 0.15) is 24.1 Å². The summed E-state index contributed by atoms with van der Waals surface area (Å²) in [6.07, 6.45) is 0. The van der Waals surface area contributed by atoms with Gasteiger partial charge in [0.05, 0.1) is 23.2 Å². The Balaban J connectivity index is 1.89. The average Bonchev–Trinajstić information content (AvgIpc) is 3.13. The number of thiazole rings is 1. The highest BCUT2D eigenvalue weighted by Crippen LogP contribution is 2.28. The van der Waals surface area contributed by atoms with Crippen LogP contribution in [0.3, 0.4) is 0 Å². The normalized spacial score (nSPS) is 12.2. The van der Waals surface area contributed by atoms with Crippen molar-refractivity contribution in [2.45, 2.75) is 17.9 Å². The minimum atomic E-state index is -4.54. The van der Waals surface area contributed by atoms with Gasteiger partial charge in [-0.3, -0.25) is 4.72 Å². The standard InChI is InChI=1S/C18H13F3N4O2S2/c1-10(13-4-11(7-22)2-3-14(13)19)24-12-5-15(20)18(16(21)6-12)29(26,27)25-17-8-28-9-23-17/h2-6,8-10,24-25H,1H3/t10-/m0/s1. The van der Waals surface area contributed by atoms with Gasteiger partial charge in [-0.15, -0.1) is 11.3 Å². The van der Waals surface area contributed by atoms with Crippen molar-refractivity contribution in [3.05, 3.63) is 69.8 Å². The van der Waals surface area contributed by atoms with Crippen molar-refractivity contribution in [2.75, 3.05) is 10.0 Å². The molecule has 0 saturated carbocycles. The van der Waals surface area contributed by atoms with Gasteiger partial charge in [-0.05, 0) is 37.3 Å². The van der Waals surface area contributed by atoms with Gasteiger partial charge in [-0.25, -0.2) is 26.6 Å². The molecule has 1 aromatic heterocycles. The molecule has 150 valence electrons. The molecule has 11 heteroatoms. The van der Waals surface area contributed by atoms with Crippen molar-refractivity contribution in [3.63, 3.8) is 0 Å². The molecule has 0 radical (unpaired) electrons. The fraction of sp³-hybridized carbons (Fsp3) is 0.111. The molecule has 2 N–H and O–H groups in total. The maximum absolute atomic E-state index is 14.5. The lowest BCUT2D eigenvalue weighted by molar-refractivity contribution is 0.521. The van der Waals surface area contributed by atoms with Gasteiger partial charge in [0.25, 0.3) is 10.0 Å². The SMILES string of the molecule is C[C@H](Nc1cc(F)c(S(=O)(=O)Nc2cscn2)c(F)c1)c1cc(C#N)ccc1F. The highest BCUT2D eigenvalue weighted by atomic mass is 32.2. The van der Waals surface area contributed by atoms with Crippen LogP contribution in [-0.4, -0.2) is 13.4 Å². The summed E-state index contributed by atoms with van der Waals surface area (Å²) in [6.45, 7) is 1.53. The Morgan fingerprint density at radius 2 is 1.83 bits per heavy atom. The van der Waals surface area contributed by atoms with Crippen LogP contribution in [0.4, 0.5) is 24.7 Å². The fourth-order valence-electron chi connectivity index (χ4n) is 2.62. The summed E-state index contributed by atoms with van der Waals surface area (Å²) >= 11 is 1.11. The van der Waals surface area contributed by atoms with Crippen LogP contribution in [-0.2, 0) is 10.0 Å². The van der Waals surface area contributed by atoms with E-state index in [0.29, 0.717) is 0 Å². The Morgan fingerprint density at radius 1 is 1.14 bits per heavy atom. The number of sulfonamides is 1. The number of nitrogens with one attached hydrogen (secondary N) is 2. The first-order chi connectivity index (χ1) is 13.7. The predicted octanol–water partition coefficient (Wildman–Crippen LogP) is 4.41. The van der Waals surface area contributed by atoms with E-state index in [9.17, 15) is 21.6 Å². The van der Waals surface area contributed by atoms with Gasteiger partial charge >= 0.3 is 0 Å². The van der Waals surface area contributed by atoms with Crippen molar-refractivity contribution in [1.29, 1.82) is 5.26 Å². The molecule has 0 aliphatic carbocycles. The highest BCUT2D eigenvalue weighted by Gasteiger charge is 2.26. The van der Waals surface area contributed by atoms with E-state index in [1.807, 2.05) is 10.8 Å². The van der Waals surface area contributed by atoms with Crippen molar-refractivity contribution in [3.8, 4) is 6.07 Å². The zero-order valence-electron chi connectivity index (χ0n) is 14.8. The fourth-order valence-corrected chi connectivity index (χ4v) is 4.30. The second-order valence-corrected chi connectivity index (χ2v) is 8.30. The van der Waals surface area contributed by atoms with E-state index < -0.39 is 38.4 Å². The quantitative estimate of drug-likeness (QED) is 0.595. The second-order valence-electron chi connectivity index (χ2n) is 5.96. The Morgan fingerprint density at radius 3 is 2.41 bits per heavy atom. The molecule has 0 aliphatic rings. The third kappa shape index (κ3) is 4.49. The topological polar surface area (TPSA) is 94.9 Å². The molecular weight excluding hydrogens is 425 g/mol. The number of rotatable bonds is 6. The van der Waals surface area contributed by atoms with Crippen LogP contribution in [0, 0.1) is 28.8 Å². The molecule has 0 spiro atoms. The van der Waals surface area contributed by atoms with E-state index in [2.05, 4.69) is 10.3 Å². The lowest BCUT2D eigenvalue weighted by Crippen LogP contribution is -2.17. The molecule has 0 amide bonds. The molecule has 1 heterocycles. The van der Waals surface area contributed by atoms with Crippen LogP contribution in [0.15, 0.2) is 46.1 Å². The van der Waals surface area contributed by atoms with Gasteiger partial charge in [0.15, 0.2) is 10.7 Å². The first-order valence-electron chi connectivity index (χ1n) is 8.07. The Kier molecular flexibility index (Phi) is 5.76. The summed E-state index contributed by atoms with van der Waals surface area (Å²) in [5, 5.41) is 13.0. The maximum atomic E-state index is 14.5. The van der Waals surface area contributed by atoms with E-state index in [4.69, 9.17) is 5.26 Å². The second kappa shape index (κ2) is 8.10. The lowest BCUT2D eigenvalue weighted by atomic mass is 10.0. The Labute approximate surface area is 168 Å². The first kappa shape index (κ1) is 20.6. The molecule has 1 atom stereocenters. The molecule has 0 aliphatic heterocycles. The van der Waals surface area contributed by atoms with Crippen molar-refractivity contribution >= 4 is 32.9 Å². The van der Waals surface area contributed by atoms with E-state index in [1.54, 1.807) is 0 Å². The summed E-state index contributed by atoms with van der Waals surface area (Å²) in [6, 6.07) is 6.45. The minimum absolute atomic E-state index is 0.0579. The molecule has 0 saturated heterocycles. The van der Waals surface area contributed by atoms with Gasteiger partial charge in [-0.2, -0.15) is 5.26 Å². The van der Waals surface area contributed by atoms with Gasteiger partial charge in [0.2, 0.25) is 0 Å². The summed E-state index contributed by atoms with van der Waals surface area (Å²) in [5.74, 6) is -3.31. The molecule has 0 bridgehead atoms. The van der Waals surface area contributed by atoms with Crippen LogP contribution >= 0.6 is 11.3 Å². The maximum Gasteiger partial charge on any atom is 0.268 e. The molecule has 0 unspecified atom stereocenters. The molecule has 29 heavy (non-hydrogen) atoms. The van der Waals surface area contributed by atoms with E-state index >= 15 is 0 Å². The molecule has 3 rings (SSSR count). The van der Waals surface area contributed by atoms with E-state index in [-0.39, 0.29) is 22.6 Å². The summed E-state index contributed by atoms with van der Waals surface area (Å²) < 4.78 is 69.5. The number of halogens is 3. The number of anilines is 2. The van der Waals surface area contributed by atoms with Crippen LogP contribution < -0.4 is 10.0 Å². The van der Waals surface area contributed by atoms with Crippen LogP contribution in [0.2, 0.25) is 0 Å². The first-order valence-corrected chi connectivity index (χ1v) is 10.5. The van der Waals surface area contributed by atoms with Crippen LogP contribution in [0.25, 0.3) is 0 Å². The highest BCUT2D eigenvalue weighted by molar-refractivity contribution is 7.92. The van der Waals surface area contributed by atoms with Crippen LogP contribution in [0.5, 0.6) is 0 Å². The van der Waals surface area contributed by atoms with Crippen molar-refractivity contribution < 1.29 is 21.6 Å². The number of benzene rings is 2. The zero-order valence-corrected chi connectivity index (χ0v) is 16.4. The summed E-state index contributed by atoms with van der Waals surface area (Å²) in [5.41, 5.74) is 1.61. The van der Waals surface area contributed by atoms with Crippen molar-refractivity contribution in [2.24, 2.45) is 0 Å². The van der Waals surface area contributed by atoms with Gasteiger partial charge in [0.1, 0.15) is 17.5 Å². The minimum Gasteiger partial charge on any atom is -0.378 e. The molecule has 6 nitrogen and oxygen atoms in total. The van der Waals surface area contributed by atoms with E-state index in [1.165, 1.54) is 29.9 Å². The van der Waals surface area contributed by atoms with Crippen molar-refractivity contribution in [1.82, 2.24) is 4.98 Å². The molecular formula is C18H13F3N4O2S2. The smallest absolute Gasteiger partial charge is 0.268 e. The van der Waals surface area contributed by atoms with E-state index in [0.717, 1.165) is 29.5 Å². The molecule has 3 aromatic rings. The predicted molar refractivity (Wildman–Crippen MR) is 102 cm³/mol. The zero-order chi connectivity index (χ0) is 21.2. The third-order valence-corrected chi connectivity index (χ3v) is 5.90. The largest absolute Gasteiger partial charge is 0.378 e. The summed E-state index contributed by atoms with van der Waals surface area (Å²) in [4.78, 5) is 2.56. The number of hydrogen-bond acceptors (Lipinski definition) is 6. The monoisotopic (exact) mass is 438 g/mol. The average molecular weight is 438 g/mol. The Bertz CT molecular complexity index is 1170. The Hall–Kier alpha value is -3.10. The third-order valence-electron chi connectivity index (χ3n) is 3.91. The molecule has 2 aromatic carbocycles. The number of aromatic nitrogens is 1. The number of hydrogen-bond donors (Lipinski definition) is 2.